The van der Waals surface area contributed by atoms with Crippen LogP contribution >= 0.6 is 15.0 Å². The first-order valence-corrected chi connectivity index (χ1v) is 18.4. The van der Waals surface area contributed by atoms with Crippen LogP contribution in [0.4, 0.5) is 0 Å². The topological polar surface area (TPSA) is 40.9 Å². The molecule has 7 nitrogen and oxygen atoms in total. The molecule has 0 N–H and O–H groups in total. The van der Waals surface area contributed by atoms with Crippen LogP contribution < -0.4 is 0 Å². The normalized spacial score (nSPS) is 23.6. The van der Waals surface area contributed by atoms with Crippen LogP contribution in [-0.4, -0.2) is 91.3 Å². The van der Waals surface area contributed by atoms with E-state index in [0.29, 0.717) is 0 Å². The van der Waals surface area contributed by atoms with Gasteiger partial charge in [-0.2, -0.15) is 4.52 Å². The molecule has 1 aliphatic heterocycles. The summed E-state index contributed by atoms with van der Waals surface area (Å²) < 4.78 is 23.7. The fraction of sp³-hybridized carbons (Fsp3) is 0.800. The Labute approximate surface area is 241 Å². The Balaban J connectivity index is 2.05. The van der Waals surface area contributed by atoms with Crippen LogP contribution in [0.25, 0.3) is 0 Å². The predicted molar refractivity (Wildman–Crippen MR) is 173 cm³/mol. The van der Waals surface area contributed by atoms with Gasteiger partial charge < -0.3 is 0 Å². The Bertz CT molecular complexity index is 973. The third-order valence-corrected chi connectivity index (χ3v) is 16.4. The number of benzene rings is 1. The van der Waals surface area contributed by atoms with E-state index in [2.05, 4.69) is 118 Å². The first kappa shape index (κ1) is 33.0. The molecule has 1 aliphatic carbocycles. The molecule has 1 atom stereocenters. The van der Waals surface area contributed by atoms with E-state index < -0.39 is 15.0 Å². The minimum atomic E-state index is -2.37. The summed E-state index contributed by atoms with van der Waals surface area (Å²) in [7, 11) is 10.8. The van der Waals surface area contributed by atoms with Crippen molar-refractivity contribution in [1.29, 1.82) is 0 Å². The molecule has 0 bridgehead atoms. The van der Waals surface area contributed by atoms with Gasteiger partial charge in [0.2, 0.25) is 7.51 Å². The van der Waals surface area contributed by atoms with Gasteiger partial charge in [0.15, 0.2) is 7.51 Å². The van der Waals surface area contributed by atoms with Crippen molar-refractivity contribution in [3.8, 4) is 0 Å². The first-order chi connectivity index (χ1) is 18.3. The maximum atomic E-state index is 5.95. The zero-order valence-electron chi connectivity index (χ0n) is 26.9. The van der Waals surface area contributed by atoms with Gasteiger partial charge in [-0.25, -0.2) is 14.1 Å². The molecule has 0 spiro atoms. The second-order valence-electron chi connectivity index (χ2n) is 13.2. The molecule has 9 heteroatoms. The summed E-state index contributed by atoms with van der Waals surface area (Å²) in [5.41, 5.74) is 2.73. The molecule has 2 aliphatic rings. The minimum absolute atomic E-state index is 0.192. The highest BCUT2D eigenvalue weighted by Crippen LogP contribution is 2.70. The van der Waals surface area contributed by atoms with Crippen LogP contribution in [0.2, 0.25) is 0 Å². The van der Waals surface area contributed by atoms with Gasteiger partial charge in [-0.15, -0.1) is 0 Å². The van der Waals surface area contributed by atoms with Crippen LogP contribution in [0.3, 0.4) is 0 Å². The zero-order chi connectivity index (χ0) is 28.8. The lowest BCUT2D eigenvalue weighted by molar-refractivity contribution is 0.327. The molecule has 2 fully saturated rings. The lowest BCUT2D eigenvalue weighted by Gasteiger charge is -2.49. The third-order valence-electron chi connectivity index (χ3n) is 8.19. The van der Waals surface area contributed by atoms with Gasteiger partial charge in [0.25, 0.3) is 0 Å². The van der Waals surface area contributed by atoms with Gasteiger partial charge in [-0.3, -0.25) is 14.0 Å². The fourth-order valence-corrected chi connectivity index (χ4v) is 15.6. The minimum Gasteiger partial charge on any atom is -0.252 e. The van der Waals surface area contributed by atoms with E-state index in [1.807, 2.05) is 0 Å². The molecule has 1 unspecified atom stereocenters. The van der Waals surface area contributed by atoms with Gasteiger partial charge >= 0.3 is 0 Å². The fourth-order valence-electron chi connectivity index (χ4n) is 6.37. The van der Waals surface area contributed by atoms with Crippen molar-refractivity contribution in [3.05, 3.63) is 35.4 Å². The Morgan fingerprint density at radius 1 is 0.795 bits per heavy atom. The zero-order valence-corrected chi connectivity index (χ0v) is 28.7. The molecule has 224 valence electrons. The van der Waals surface area contributed by atoms with Gasteiger partial charge in [-0.05, 0) is 106 Å². The van der Waals surface area contributed by atoms with Crippen molar-refractivity contribution in [2.75, 3.05) is 62.4 Å². The summed E-state index contributed by atoms with van der Waals surface area (Å²) in [6.45, 7) is 9.65. The van der Waals surface area contributed by atoms with E-state index in [0.717, 1.165) is 32.0 Å². The summed E-state index contributed by atoms with van der Waals surface area (Å²) >= 11 is 0. The average Bonchev–Trinajstić information content (AvgIpc) is 2.98. The van der Waals surface area contributed by atoms with Crippen molar-refractivity contribution >= 4 is 15.0 Å². The Kier molecular flexibility index (Phi) is 11.9. The molecule has 1 heterocycles. The molecular weight excluding hydrogens is 520 g/mol. The summed E-state index contributed by atoms with van der Waals surface area (Å²) in [4.78, 5) is 0. The highest BCUT2D eigenvalue weighted by Gasteiger charge is 2.42. The second-order valence-corrected chi connectivity index (χ2v) is 19.9. The van der Waals surface area contributed by atoms with Crippen molar-refractivity contribution in [2.24, 2.45) is 9.26 Å². The van der Waals surface area contributed by atoms with E-state index in [1.165, 1.54) is 56.9 Å². The molecule has 1 saturated heterocycles. The summed E-state index contributed by atoms with van der Waals surface area (Å²) in [6, 6.07) is 9.66. The van der Waals surface area contributed by atoms with E-state index in [-0.39, 0.29) is 5.54 Å². The molecule has 0 amide bonds. The Morgan fingerprint density at radius 2 is 1.31 bits per heavy atom. The first-order valence-electron chi connectivity index (χ1n) is 15.2. The summed E-state index contributed by atoms with van der Waals surface area (Å²) in [5.74, 6) is 0.724. The number of hydrogen-bond donors (Lipinski definition) is 0. The maximum absolute atomic E-state index is 5.95. The van der Waals surface area contributed by atoms with E-state index in [4.69, 9.17) is 9.26 Å². The van der Waals surface area contributed by atoms with Gasteiger partial charge in [0.05, 0.1) is 5.54 Å². The summed E-state index contributed by atoms with van der Waals surface area (Å²) in [5, 5.41) is 0. The van der Waals surface area contributed by atoms with E-state index >= 15 is 0 Å². The molecule has 0 aromatic heterocycles. The number of rotatable bonds is 7. The van der Waals surface area contributed by atoms with Crippen LogP contribution in [-0.2, 0) is 6.54 Å². The smallest absolute Gasteiger partial charge is 0.214 e. The highest BCUT2D eigenvalue weighted by molar-refractivity contribution is 7.71. The largest absolute Gasteiger partial charge is 0.252 e. The van der Waals surface area contributed by atoms with Crippen LogP contribution in [0.5, 0.6) is 0 Å². The second kappa shape index (κ2) is 14.1. The van der Waals surface area contributed by atoms with Crippen molar-refractivity contribution in [2.45, 2.75) is 96.6 Å². The Hall–Kier alpha value is -0.520. The van der Waals surface area contributed by atoms with E-state index in [9.17, 15) is 0 Å². The van der Waals surface area contributed by atoms with Gasteiger partial charge in [0, 0.05) is 19.6 Å². The van der Waals surface area contributed by atoms with E-state index in [1.54, 1.807) is 5.56 Å². The summed E-state index contributed by atoms with van der Waals surface area (Å²) in [6.07, 6.45) is 12.2. The van der Waals surface area contributed by atoms with Gasteiger partial charge in [-0.1, -0.05) is 62.8 Å². The quantitative estimate of drug-likeness (QED) is 0.303. The highest BCUT2D eigenvalue weighted by atomic mass is 31.2. The Morgan fingerprint density at radius 3 is 1.79 bits per heavy atom. The molecule has 1 aromatic carbocycles. The van der Waals surface area contributed by atoms with Crippen molar-refractivity contribution in [1.82, 2.24) is 23.4 Å². The maximum Gasteiger partial charge on any atom is 0.214 e. The number of hydrogen-bond acceptors (Lipinski definition) is 1. The monoisotopic (exact) mass is 579 g/mol. The third kappa shape index (κ3) is 8.07. The molecule has 0 radical (unpaired) electrons. The molecular formula is C30H59N7P2. The standard InChI is InChI=1S/C30H59N7P2/c1-30(2,3)31-38(32-39(33(4)5,34(6)7)35(8)9)36(10)24-17-25-37(38)26-27-20-22-29(23-21-27)28-18-15-13-11-12-14-16-19-28/h20-23,28H,11-19,24-26H2,1-10H3. The lowest BCUT2D eigenvalue weighted by Crippen LogP contribution is -2.39. The van der Waals surface area contributed by atoms with Gasteiger partial charge in [0.1, 0.15) is 0 Å². The predicted octanol–water partition coefficient (Wildman–Crippen LogP) is 8.42. The van der Waals surface area contributed by atoms with Crippen LogP contribution in [0, 0.1) is 0 Å². The van der Waals surface area contributed by atoms with Crippen molar-refractivity contribution < 1.29 is 0 Å². The van der Waals surface area contributed by atoms with Crippen LogP contribution in [0.15, 0.2) is 33.5 Å². The molecule has 1 saturated carbocycles. The van der Waals surface area contributed by atoms with Crippen molar-refractivity contribution in [3.63, 3.8) is 0 Å². The SMILES string of the molecule is CN1CCCN(Cc2ccc(C3CCCCCCCC3)cc2)P1(=NC(C)(C)C)N=P(N(C)C)(N(C)C)N(C)C. The molecule has 1 aromatic rings. The lowest BCUT2D eigenvalue weighted by atomic mass is 9.89. The number of nitrogens with zero attached hydrogens (tertiary/aromatic N) is 7. The molecule has 39 heavy (non-hydrogen) atoms. The average molecular weight is 580 g/mol. The van der Waals surface area contributed by atoms with Crippen LogP contribution in [0.1, 0.15) is 95.6 Å². The molecule has 3 rings (SSSR count).